The number of hydrogen-bond acceptors (Lipinski definition) is 6. The third kappa shape index (κ3) is 4.13. The van der Waals surface area contributed by atoms with Gasteiger partial charge in [0.15, 0.2) is 0 Å². The molecule has 1 heterocycles. The normalized spacial score (nSPS) is 21.5. The highest BCUT2D eigenvalue weighted by atomic mass is 35.5. The van der Waals surface area contributed by atoms with Crippen LogP contribution in [0.1, 0.15) is 17.3 Å². The van der Waals surface area contributed by atoms with Gasteiger partial charge in [-0.15, -0.1) is 11.8 Å². The van der Waals surface area contributed by atoms with Crippen molar-refractivity contribution in [3.8, 4) is 0 Å². The van der Waals surface area contributed by atoms with Crippen LogP contribution >= 0.6 is 23.4 Å². The topological polar surface area (TPSA) is 61.8 Å². The summed E-state index contributed by atoms with van der Waals surface area (Å²) in [7, 11) is 0. The van der Waals surface area contributed by atoms with Crippen LogP contribution in [0.5, 0.6) is 0 Å². The fourth-order valence-corrected chi connectivity index (χ4v) is 2.71. The lowest BCUT2D eigenvalue weighted by atomic mass is 10.2. The molecule has 0 spiro atoms. The van der Waals surface area contributed by atoms with Gasteiger partial charge in [0.25, 0.3) is 0 Å². The van der Waals surface area contributed by atoms with Crippen molar-refractivity contribution in [3.05, 3.63) is 34.9 Å². The number of rotatable bonds is 4. The third-order valence-corrected chi connectivity index (χ3v) is 3.88. The van der Waals surface area contributed by atoms with Crippen molar-refractivity contribution in [2.45, 2.75) is 18.6 Å². The molecule has 1 aromatic carbocycles. The first-order valence-corrected chi connectivity index (χ1v) is 7.35. The largest absolute Gasteiger partial charge is 0.458 e. The van der Waals surface area contributed by atoms with E-state index in [-0.39, 0.29) is 12.0 Å². The molecule has 1 aliphatic heterocycles. The highest BCUT2D eigenvalue weighted by molar-refractivity contribution is 8.00. The molecule has 1 fully saturated rings. The van der Waals surface area contributed by atoms with Gasteiger partial charge in [-0.25, -0.2) is 4.79 Å². The SMILES string of the molecule is CC(=O)OC1CSC(COC(=O)c2ccccc2Cl)O1. The molecule has 0 aromatic heterocycles. The molecule has 5 nitrogen and oxygen atoms in total. The van der Waals surface area contributed by atoms with Crippen molar-refractivity contribution < 1.29 is 23.8 Å². The summed E-state index contributed by atoms with van der Waals surface area (Å²) in [5, 5.41) is 0.343. The Bertz CT molecular complexity index is 507. The van der Waals surface area contributed by atoms with Crippen LogP contribution in [0.25, 0.3) is 0 Å². The summed E-state index contributed by atoms with van der Waals surface area (Å²) in [6, 6.07) is 6.66. The molecular weight excluding hydrogens is 304 g/mol. The van der Waals surface area contributed by atoms with E-state index in [0.29, 0.717) is 16.3 Å². The molecule has 0 saturated carbocycles. The van der Waals surface area contributed by atoms with E-state index in [1.54, 1.807) is 24.3 Å². The maximum atomic E-state index is 11.8. The summed E-state index contributed by atoms with van der Waals surface area (Å²) in [5.41, 5.74) is -0.0283. The van der Waals surface area contributed by atoms with Gasteiger partial charge in [0.1, 0.15) is 12.0 Å². The van der Waals surface area contributed by atoms with E-state index in [1.165, 1.54) is 18.7 Å². The monoisotopic (exact) mass is 316 g/mol. The molecule has 1 aromatic rings. The molecule has 1 aliphatic rings. The molecule has 7 heteroatoms. The van der Waals surface area contributed by atoms with Crippen LogP contribution in [-0.4, -0.2) is 36.0 Å². The predicted octanol–water partition coefficient (Wildman–Crippen LogP) is 2.48. The standard InChI is InChI=1S/C13H13ClO5S/c1-8(15)18-11-7-20-12(19-11)6-17-13(16)9-4-2-3-5-10(9)14/h2-5,11-12H,6-7H2,1H3. The second-order valence-electron chi connectivity index (χ2n) is 4.02. The smallest absolute Gasteiger partial charge is 0.339 e. The molecule has 20 heavy (non-hydrogen) atoms. The first-order valence-electron chi connectivity index (χ1n) is 5.92. The van der Waals surface area contributed by atoms with Crippen LogP contribution in [0.15, 0.2) is 24.3 Å². The van der Waals surface area contributed by atoms with Crippen LogP contribution in [0.2, 0.25) is 5.02 Å². The van der Waals surface area contributed by atoms with Gasteiger partial charge >= 0.3 is 11.9 Å². The van der Waals surface area contributed by atoms with Crippen LogP contribution in [0.4, 0.5) is 0 Å². The molecule has 108 valence electrons. The lowest BCUT2D eigenvalue weighted by Gasteiger charge is -2.12. The van der Waals surface area contributed by atoms with Crippen molar-refractivity contribution in [2.24, 2.45) is 0 Å². The lowest BCUT2D eigenvalue weighted by molar-refractivity contribution is -0.172. The Kier molecular flexibility index (Phi) is 5.28. The predicted molar refractivity (Wildman–Crippen MR) is 74.6 cm³/mol. The summed E-state index contributed by atoms with van der Waals surface area (Å²) in [5.74, 6) is -0.381. The molecule has 0 aliphatic carbocycles. The van der Waals surface area contributed by atoms with Gasteiger partial charge in [-0.05, 0) is 12.1 Å². The van der Waals surface area contributed by atoms with Gasteiger partial charge in [0.05, 0.1) is 16.3 Å². The zero-order valence-electron chi connectivity index (χ0n) is 10.7. The summed E-state index contributed by atoms with van der Waals surface area (Å²) >= 11 is 7.32. The average molecular weight is 317 g/mol. The number of hydrogen-bond donors (Lipinski definition) is 0. The lowest BCUT2D eigenvalue weighted by Crippen LogP contribution is -2.22. The molecule has 0 radical (unpaired) electrons. The molecule has 0 amide bonds. The maximum absolute atomic E-state index is 11.8. The van der Waals surface area contributed by atoms with Crippen LogP contribution < -0.4 is 0 Å². The Hall–Kier alpha value is -1.24. The minimum Gasteiger partial charge on any atom is -0.458 e. The second kappa shape index (κ2) is 6.97. The fraction of sp³-hybridized carbons (Fsp3) is 0.385. The number of carbonyl (C=O) groups excluding carboxylic acids is 2. The number of carbonyl (C=O) groups is 2. The quantitative estimate of drug-likeness (QED) is 0.795. The van der Waals surface area contributed by atoms with Crippen LogP contribution in [0.3, 0.4) is 0 Å². The van der Waals surface area contributed by atoms with E-state index in [4.69, 9.17) is 25.8 Å². The molecule has 1 saturated heterocycles. The van der Waals surface area contributed by atoms with Crippen molar-refractivity contribution in [3.63, 3.8) is 0 Å². The van der Waals surface area contributed by atoms with Gasteiger partial charge < -0.3 is 14.2 Å². The number of halogens is 1. The zero-order chi connectivity index (χ0) is 14.5. The summed E-state index contributed by atoms with van der Waals surface area (Å²) < 4.78 is 15.4. The number of benzene rings is 1. The Balaban J connectivity index is 1.80. The molecule has 2 unspecified atom stereocenters. The van der Waals surface area contributed by atoms with Crippen molar-refractivity contribution in [1.29, 1.82) is 0 Å². The Labute approximate surface area is 125 Å². The van der Waals surface area contributed by atoms with E-state index < -0.39 is 18.2 Å². The zero-order valence-corrected chi connectivity index (χ0v) is 12.3. The Morgan fingerprint density at radius 1 is 1.45 bits per heavy atom. The van der Waals surface area contributed by atoms with Crippen molar-refractivity contribution in [2.75, 3.05) is 12.4 Å². The molecule has 2 rings (SSSR count). The Morgan fingerprint density at radius 3 is 2.90 bits per heavy atom. The van der Waals surface area contributed by atoms with Gasteiger partial charge in [-0.3, -0.25) is 4.79 Å². The van der Waals surface area contributed by atoms with Crippen LogP contribution in [0, 0.1) is 0 Å². The first kappa shape index (κ1) is 15.2. The Morgan fingerprint density at radius 2 is 2.20 bits per heavy atom. The fourth-order valence-electron chi connectivity index (χ4n) is 1.62. The number of esters is 2. The summed E-state index contributed by atoms with van der Waals surface area (Å²) in [6.07, 6.45) is -0.582. The van der Waals surface area contributed by atoms with E-state index >= 15 is 0 Å². The number of ether oxygens (including phenoxy) is 3. The minimum absolute atomic E-state index is 0.0759. The minimum atomic E-state index is -0.582. The molecule has 0 N–H and O–H groups in total. The van der Waals surface area contributed by atoms with Crippen molar-refractivity contribution >= 4 is 35.3 Å². The molecular formula is C13H13ClO5S. The average Bonchev–Trinajstić information content (AvgIpc) is 2.83. The van der Waals surface area contributed by atoms with E-state index in [0.717, 1.165) is 0 Å². The van der Waals surface area contributed by atoms with E-state index in [1.807, 2.05) is 0 Å². The van der Waals surface area contributed by atoms with Gasteiger partial charge in [-0.1, -0.05) is 23.7 Å². The highest BCUT2D eigenvalue weighted by Crippen LogP contribution is 2.26. The third-order valence-electron chi connectivity index (χ3n) is 2.46. The van der Waals surface area contributed by atoms with E-state index in [2.05, 4.69) is 0 Å². The van der Waals surface area contributed by atoms with Crippen molar-refractivity contribution in [1.82, 2.24) is 0 Å². The molecule has 2 atom stereocenters. The van der Waals surface area contributed by atoms with Crippen LogP contribution in [-0.2, 0) is 19.0 Å². The summed E-state index contributed by atoms with van der Waals surface area (Å²) in [4.78, 5) is 22.6. The van der Waals surface area contributed by atoms with Gasteiger partial charge in [0.2, 0.25) is 6.29 Å². The van der Waals surface area contributed by atoms with Gasteiger partial charge in [-0.2, -0.15) is 0 Å². The molecule has 0 bridgehead atoms. The maximum Gasteiger partial charge on any atom is 0.339 e. The summed E-state index contributed by atoms with van der Waals surface area (Å²) in [6.45, 7) is 1.39. The second-order valence-corrected chi connectivity index (χ2v) is 5.62. The van der Waals surface area contributed by atoms with E-state index in [9.17, 15) is 9.59 Å². The van der Waals surface area contributed by atoms with Gasteiger partial charge in [0, 0.05) is 6.92 Å². The number of thioether (sulfide) groups is 1. The highest BCUT2D eigenvalue weighted by Gasteiger charge is 2.29. The first-order chi connectivity index (χ1) is 9.56.